The smallest absolute Gasteiger partial charge is 0.191 e. The Labute approximate surface area is 187 Å². The van der Waals surface area contributed by atoms with E-state index in [0.29, 0.717) is 30.7 Å². The van der Waals surface area contributed by atoms with Gasteiger partial charge in [-0.1, -0.05) is 23.7 Å². The number of hydrogen-bond acceptors (Lipinski definition) is 5. The maximum Gasteiger partial charge on any atom is 0.191 e. The minimum Gasteiger partial charge on any atom is -0.385 e. The van der Waals surface area contributed by atoms with E-state index in [1.807, 2.05) is 59.7 Å². The first-order valence-electron chi connectivity index (χ1n) is 10.2. The van der Waals surface area contributed by atoms with Crippen molar-refractivity contribution in [1.82, 2.24) is 35.2 Å². The summed E-state index contributed by atoms with van der Waals surface area (Å²) in [7, 11) is 3.64. The van der Waals surface area contributed by atoms with Gasteiger partial charge in [-0.2, -0.15) is 5.10 Å². The van der Waals surface area contributed by atoms with Crippen molar-refractivity contribution in [1.29, 1.82) is 0 Å². The normalized spacial score (nSPS) is 12.7. The molecule has 0 aliphatic carbocycles. The van der Waals surface area contributed by atoms with E-state index in [9.17, 15) is 0 Å². The predicted molar refractivity (Wildman–Crippen MR) is 121 cm³/mol. The molecule has 1 atom stereocenters. The maximum atomic E-state index is 6.08. The first-order valence-corrected chi connectivity index (χ1v) is 10.6. The largest absolute Gasteiger partial charge is 0.385 e. The lowest BCUT2D eigenvalue weighted by Crippen LogP contribution is -2.41. The van der Waals surface area contributed by atoms with Crippen LogP contribution in [0.15, 0.2) is 47.7 Å². The Morgan fingerprint density at radius 1 is 1.23 bits per heavy atom. The van der Waals surface area contributed by atoms with Gasteiger partial charge in [0.05, 0.1) is 6.04 Å². The fraction of sp³-hybridized carbons (Fsp3) is 0.429. The summed E-state index contributed by atoms with van der Waals surface area (Å²) in [6.07, 6.45) is 4.60. The molecule has 9 nitrogen and oxygen atoms in total. The second kappa shape index (κ2) is 11.5. The van der Waals surface area contributed by atoms with Crippen LogP contribution < -0.4 is 10.6 Å². The average molecular weight is 445 g/mol. The highest BCUT2D eigenvalue weighted by molar-refractivity contribution is 6.30. The second-order valence-corrected chi connectivity index (χ2v) is 7.53. The number of ether oxygens (including phenoxy) is 1. The van der Waals surface area contributed by atoms with Crippen LogP contribution in [0.4, 0.5) is 0 Å². The average Bonchev–Trinajstić information content (AvgIpc) is 3.41. The lowest BCUT2D eigenvalue weighted by atomic mass is 10.1. The van der Waals surface area contributed by atoms with Crippen LogP contribution in [0.1, 0.15) is 29.7 Å². The molecule has 3 rings (SSSR count). The minimum atomic E-state index is -0.0182. The number of nitrogens with one attached hydrogen (secondary N) is 2. The Morgan fingerprint density at radius 2 is 2.03 bits per heavy atom. The van der Waals surface area contributed by atoms with Crippen molar-refractivity contribution in [3.63, 3.8) is 0 Å². The zero-order valence-corrected chi connectivity index (χ0v) is 18.9. The number of aromatic nitrogens is 5. The quantitative estimate of drug-likeness (QED) is 0.283. The summed E-state index contributed by atoms with van der Waals surface area (Å²) in [4.78, 5) is 4.71. The molecule has 0 saturated heterocycles. The van der Waals surface area contributed by atoms with Crippen molar-refractivity contribution in [3.8, 4) is 0 Å². The van der Waals surface area contributed by atoms with Crippen LogP contribution in [0, 0.1) is 6.92 Å². The minimum absolute atomic E-state index is 0.0182. The van der Waals surface area contributed by atoms with Gasteiger partial charge >= 0.3 is 0 Å². The molecule has 1 unspecified atom stereocenters. The standard InChI is InChI=1S/C21H29ClN8O/c1-16-27-28-20(29(16)2)15-25-21(23-10-5-13-31-3)24-14-19(30-12-4-11-26-30)17-6-8-18(22)9-7-17/h4,6-9,11-12,19H,5,10,13-15H2,1-3H3,(H2,23,24,25). The number of aliphatic imine (C=N–C) groups is 1. The van der Waals surface area contributed by atoms with Gasteiger partial charge in [0.25, 0.3) is 0 Å². The molecule has 0 aliphatic heterocycles. The molecule has 0 bridgehead atoms. The highest BCUT2D eigenvalue weighted by Crippen LogP contribution is 2.19. The lowest BCUT2D eigenvalue weighted by Gasteiger charge is -2.21. The van der Waals surface area contributed by atoms with E-state index in [2.05, 4.69) is 25.9 Å². The van der Waals surface area contributed by atoms with Gasteiger partial charge in [0.1, 0.15) is 12.4 Å². The first-order chi connectivity index (χ1) is 15.1. The molecule has 3 aromatic rings. The Balaban J connectivity index is 1.73. The van der Waals surface area contributed by atoms with Gasteiger partial charge < -0.3 is 19.9 Å². The summed E-state index contributed by atoms with van der Waals surface area (Å²) in [5.74, 6) is 2.36. The monoisotopic (exact) mass is 444 g/mol. The Bertz CT molecular complexity index is 952. The van der Waals surface area contributed by atoms with Crippen molar-refractivity contribution >= 4 is 17.6 Å². The van der Waals surface area contributed by atoms with Gasteiger partial charge in [-0.25, -0.2) is 4.99 Å². The van der Waals surface area contributed by atoms with Gasteiger partial charge in [0.2, 0.25) is 0 Å². The third kappa shape index (κ3) is 6.53. The van der Waals surface area contributed by atoms with Crippen LogP contribution in [-0.4, -0.2) is 57.3 Å². The number of methoxy groups -OCH3 is 1. The van der Waals surface area contributed by atoms with Crippen molar-refractivity contribution in [2.45, 2.75) is 25.9 Å². The van der Waals surface area contributed by atoms with Crippen molar-refractivity contribution in [3.05, 3.63) is 65.0 Å². The maximum absolute atomic E-state index is 6.08. The number of benzene rings is 1. The van der Waals surface area contributed by atoms with Crippen LogP contribution in [0.2, 0.25) is 5.02 Å². The molecule has 2 heterocycles. The predicted octanol–water partition coefficient (Wildman–Crippen LogP) is 2.33. The van der Waals surface area contributed by atoms with Gasteiger partial charge in [-0.15, -0.1) is 10.2 Å². The molecular weight excluding hydrogens is 416 g/mol. The molecular formula is C21H29ClN8O. The fourth-order valence-electron chi connectivity index (χ4n) is 3.04. The summed E-state index contributed by atoms with van der Waals surface area (Å²) < 4.78 is 9.00. The van der Waals surface area contributed by atoms with Gasteiger partial charge in [0, 0.05) is 51.3 Å². The summed E-state index contributed by atoms with van der Waals surface area (Å²) >= 11 is 6.08. The van der Waals surface area contributed by atoms with Crippen LogP contribution in [-0.2, 0) is 18.3 Å². The molecule has 0 aliphatic rings. The highest BCUT2D eigenvalue weighted by atomic mass is 35.5. The van der Waals surface area contributed by atoms with Gasteiger partial charge in [-0.05, 0) is 37.1 Å². The van der Waals surface area contributed by atoms with E-state index in [-0.39, 0.29) is 6.04 Å². The third-order valence-corrected chi connectivity index (χ3v) is 5.19. The zero-order chi connectivity index (χ0) is 22.1. The Kier molecular flexibility index (Phi) is 8.43. The highest BCUT2D eigenvalue weighted by Gasteiger charge is 2.15. The third-order valence-electron chi connectivity index (χ3n) is 4.94. The SMILES string of the molecule is COCCCNC(=NCc1nnc(C)n1C)NCC(c1ccc(Cl)cc1)n1cccn1. The number of rotatable bonds is 10. The van der Waals surface area contributed by atoms with Crippen LogP contribution in [0.3, 0.4) is 0 Å². The van der Waals surface area contributed by atoms with E-state index in [1.54, 1.807) is 13.3 Å². The molecule has 0 saturated carbocycles. The van der Waals surface area contributed by atoms with Crippen LogP contribution in [0.25, 0.3) is 0 Å². The molecule has 10 heteroatoms. The van der Waals surface area contributed by atoms with Crippen LogP contribution >= 0.6 is 11.6 Å². The van der Waals surface area contributed by atoms with Gasteiger partial charge in [0.15, 0.2) is 11.8 Å². The topological polar surface area (TPSA) is 94.2 Å². The number of halogens is 1. The van der Waals surface area contributed by atoms with E-state index in [0.717, 1.165) is 30.2 Å². The summed E-state index contributed by atoms with van der Waals surface area (Å²) in [6.45, 7) is 4.36. The van der Waals surface area contributed by atoms with E-state index < -0.39 is 0 Å². The Morgan fingerprint density at radius 3 is 2.68 bits per heavy atom. The number of guanidine groups is 1. The second-order valence-electron chi connectivity index (χ2n) is 7.09. The van der Waals surface area contributed by atoms with Crippen molar-refractivity contribution in [2.75, 3.05) is 26.8 Å². The molecule has 0 amide bonds. The van der Waals surface area contributed by atoms with Gasteiger partial charge in [-0.3, -0.25) is 4.68 Å². The number of hydrogen-bond donors (Lipinski definition) is 2. The van der Waals surface area contributed by atoms with E-state index in [4.69, 9.17) is 21.3 Å². The summed E-state index contributed by atoms with van der Waals surface area (Å²) in [5.41, 5.74) is 1.10. The summed E-state index contributed by atoms with van der Waals surface area (Å²) in [5, 5.41) is 20.2. The Hall–Kier alpha value is -2.91. The number of aryl methyl sites for hydroxylation is 1. The molecule has 0 fully saturated rings. The molecule has 2 aromatic heterocycles. The zero-order valence-electron chi connectivity index (χ0n) is 18.1. The van der Waals surface area contributed by atoms with Crippen LogP contribution in [0.5, 0.6) is 0 Å². The lowest BCUT2D eigenvalue weighted by molar-refractivity contribution is 0.195. The molecule has 1 aromatic carbocycles. The fourth-order valence-corrected chi connectivity index (χ4v) is 3.17. The molecule has 0 spiro atoms. The number of nitrogens with zero attached hydrogens (tertiary/aromatic N) is 6. The first kappa shape index (κ1) is 22.8. The van der Waals surface area contributed by atoms with Crippen molar-refractivity contribution in [2.24, 2.45) is 12.0 Å². The molecule has 31 heavy (non-hydrogen) atoms. The van der Waals surface area contributed by atoms with E-state index >= 15 is 0 Å². The molecule has 166 valence electrons. The molecule has 0 radical (unpaired) electrons. The van der Waals surface area contributed by atoms with Crippen molar-refractivity contribution < 1.29 is 4.74 Å². The van der Waals surface area contributed by atoms with E-state index in [1.165, 1.54) is 0 Å². The molecule has 2 N–H and O–H groups in total. The summed E-state index contributed by atoms with van der Waals surface area (Å²) in [6, 6.07) is 9.71.